The number of carbonyl (C=O) groups excluding carboxylic acids is 1. The van der Waals surface area contributed by atoms with Crippen LogP contribution in [-0.4, -0.2) is 18.1 Å². The second-order valence-electron chi connectivity index (χ2n) is 4.20. The minimum atomic E-state index is -0.432. The zero-order valence-electron chi connectivity index (χ0n) is 10.6. The fourth-order valence-electron chi connectivity index (χ4n) is 1.89. The van der Waals surface area contributed by atoms with Gasteiger partial charge < -0.3 is 9.15 Å². The number of ether oxygens (including phenoxy) is 1. The fourth-order valence-corrected chi connectivity index (χ4v) is 1.89. The average molecular weight is 271 g/mol. The molecule has 0 N–H and O–H groups in total. The van der Waals surface area contributed by atoms with E-state index in [1.54, 1.807) is 30.3 Å². The number of nitrogens with zero attached hydrogens (tertiary/aromatic N) is 1. The highest BCUT2D eigenvalue weighted by Gasteiger charge is 2.12. The van der Waals surface area contributed by atoms with Crippen molar-refractivity contribution in [3.8, 4) is 11.5 Å². The van der Waals surface area contributed by atoms with Crippen molar-refractivity contribution in [2.75, 3.05) is 7.11 Å². The van der Waals surface area contributed by atoms with Crippen LogP contribution >= 0.6 is 0 Å². The summed E-state index contributed by atoms with van der Waals surface area (Å²) < 4.78 is 23.1. The summed E-state index contributed by atoms with van der Waals surface area (Å²) in [5.74, 6) is -0.377. The molecule has 0 saturated carbocycles. The van der Waals surface area contributed by atoms with E-state index in [-0.39, 0.29) is 5.82 Å². The second-order valence-corrected chi connectivity index (χ2v) is 4.20. The van der Waals surface area contributed by atoms with E-state index >= 15 is 0 Å². The lowest BCUT2D eigenvalue weighted by molar-refractivity contribution is 0.0601. The predicted octanol–water partition coefficient (Wildman–Crippen LogP) is 3.42. The predicted molar refractivity (Wildman–Crippen MR) is 70.7 cm³/mol. The Labute approximate surface area is 113 Å². The summed E-state index contributed by atoms with van der Waals surface area (Å²) in [4.78, 5) is 15.7. The highest BCUT2D eigenvalue weighted by molar-refractivity contribution is 5.93. The Kier molecular flexibility index (Phi) is 2.95. The van der Waals surface area contributed by atoms with Crippen LogP contribution in [0.15, 0.2) is 46.9 Å². The molecule has 20 heavy (non-hydrogen) atoms. The number of esters is 1. The average Bonchev–Trinajstić information content (AvgIpc) is 2.90. The first-order valence-electron chi connectivity index (χ1n) is 5.92. The van der Waals surface area contributed by atoms with Gasteiger partial charge >= 0.3 is 5.97 Å². The molecule has 0 aliphatic heterocycles. The van der Waals surface area contributed by atoms with Gasteiger partial charge in [-0.15, -0.1) is 0 Å². The molecule has 100 valence electrons. The Hall–Kier alpha value is -2.69. The summed E-state index contributed by atoms with van der Waals surface area (Å²) in [6, 6.07) is 10.7. The maximum Gasteiger partial charge on any atom is 0.337 e. The molecule has 2 aromatic carbocycles. The summed E-state index contributed by atoms with van der Waals surface area (Å²) in [5.41, 5.74) is 2.17. The number of hydrogen-bond acceptors (Lipinski definition) is 4. The molecule has 0 aliphatic rings. The maximum absolute atomic E-state index is 12.9. The van der Waals surface area contributed by atoms with Crippen LogP contribution in [0.3, 0.4) is 0 Å². The van der Waals surface area contributed by atoms with Gasteiger partial charge in [0.2, 0.25) is 5.89 Å². The highest BCUT2D eigenvalue weighted by atomic mass is 19.1. The third-order valence-corrected chi connectivity index (χ3v) is 2.90. The van der Waals surface area contributed by atoms with E-state index in [9.17, 15) is 9.18 Å². The van der Waals surface area contributed by atoms with Crippen LogP contribution in [0.2, 0.25) is 0 Å². The number of methoxy groups -OCH3 is 1. The van der Waals surface area contributed by atoms with Crippen LogP contribution in [0, 0.1) is 5.82 Å². The summed E-state index contributed by atoms with van der Waals surface area (Å²) in [7, 11) is 1.32. The van der Waals surface area contributed by atoms with Crippen molar-refractivity contribution < 1.29 is 18.3 Å². The van der Waals surface area contributed by atoms with Gasteiger partial charge in [0.05, 0.1) is 12.7 Å². The first-order chi connectivity index (χ1) is 9.67. The molecule has 0 spiro atoms. The zero-order chi connectivity index (χ0) is 14.1. The van der Waals surface area contributed by atoms with Gasteiger partial charge in [-0.25, -0.2) is 14.2 Å². The van der Waals surface area contributed by atoms with Crippen molar-refractivity contribution in [1.29, 1.82) is 0 Å². The standard InChI is InChI=1S/C15H10FNO3/c1-19-15(18)10-4-7-13-12(8-10)17-14(20-13)9-2-5-11(16)6-3-9/h2-8H,1H3. The van der Waals surface area contributed by atoms with Gasteiger partial charge in [0, 0.05) is 5.56 Å². The molecule has 0 unspecified atom stereocenters. The minimum absolute atomic E-state index is 0.321. The molecule has 0 fully saturated rings. The Morgan fingerprint density at radius 1 is 1.20 bits per heavy atom. The van der Waals surface area contributed by atoms with E-state index in [1.165, 1.54) is 19.2 Å². The van der Waals surface area contributed by atoms with Crippen molar-refractivity contribution >= 4 is 17.1 Å². The van der Waals surface area contributed by atoms with Gasteiger partial charge in [0.15, 0.2) is 5.58 Å². The number of aromatic nitrogens is 1. The number of hydrogen-bond donors (Lipinski definition) is 0. The number of fused-ring (bicyclic) bond motifs is 1. The molecule has 0 atom stereocenters. The Bertz CT molecular complexity index is 777. The Balaban J connectivity index is 2.06. The van der Waals surface area contributed by atoms with Crippen molar-refractivity contribution in [1.82, 2.24) is 4.98 Å². The number of benzene rings is 2. The lowest BCUT2D eigenvalue weighted by atomic mass is 10.2. The molecule has 0 amide bonds. The number of carbonyl (C=O) groups is 1. The molecule has 0 aliphatic carbocycles. The van der Waals surface area contributed by atoms with Crippen molar-refractivity contribution in [3.63, 3.8) is 0 Å². The van der Waals surface area contributed by atoms with Crippen LogP contribution in [0.1, 0.15) is 10.4 Å². The summed E-state index contributed by atoms with van der Waals surface area (Å²) >= 11 is 0. The smallest absolute Gasteiger partial charge is 0.337 e. The minimum Gasteiger partial charge on any atom is -0.465 e. The molecule has 0 radical (unpaired) electrons. The van der Waals surface area contributed by atoms with Gasteiger partial charge in [-0.05, 0) is 42.5 Å². The van der Waals surface area contributed by atoms with Gasteiger partial charge in [0.1, 0.15) is 11.3 Å². The Morgan fingerprint density at radius 3 is 2.65 bits per heavy atom. The van der Waals surface area contributed by atoms with Crippen molar-refractivity contribution in [2.24, 2.45) is 0 Å². The van der Waals surface area contributed by atoms with Crippen LogP contribution in [0.25, 0.3) is 22.6 Å². The van der Waals surface area contributed by atoms with Crippen molar-refractivity contribution in [2.45, 2.75) is 0 Å². The maximum atomic E-state index is 12.9. The third-order valence-electron chi connectivity index (χ3n) is 2.90. The first-order valence-corrected chi connectivity index (χ1v) is 5.92. The Morgan fingerprint density at radius 2 is 1.95 bits per heavy atom. The molecule has 0 bridgehead atoms. The molecular weight excluding hydrogens is 261 g/mol. The normalized spacial score (nSPS) is 10.7. The number of rotatable bonds is 2. The van der Waals surface area contributed by atoms with Gasteiger partial charge in [-0.2, -0.15) is 0 Å². The summed E-state index contributed by atoms with van der Waals surface area (Å²) in [5, 5.41) is 0. The zero-order valence-corrected chi connectivity index (χ0v) is 10.6. The van der Waals surface area contributed by atoms with E-state index in [0.29, 0.717) is 28.1 Å². The molecular formula is C15H10FNO3. The first kappa shape index (κ1) is 12.3. The van der Waals surface area contributed by atoms with E-state index in [2.05, 4.69) is 9.72 Å². The van der Waals surface area contributed by atoms with Gasteiger partial charge in [-0.3, -0.25) is 0 Å². The van der Waals surface area contributed by atoms with Crippen LogP contribution in [0.5, 0.6) is 0 Å². The lowest BCUT2D eigenvalue weighted by Gasteiger charge is -1.96. The molecule has 3 aromatic rings. The van der Waals surface area contributed by atoms with Crippen LogP contribution in [0.4, 0.5) is 4.39 Å². The van der Waals surface area contributed by atoms with Crippen LogP contribution < -0.4 is 0 Å². The summed E-state index contributed by atoms with van der Waals surface area (Å²) in [6.45, 7) is 0. The van der Waals surface area contributed by atoms with E-state index in [0.717, 1.165) is 0 Å². The second kappa shape index (κ2) is 4.77. The van der Waals surface area contributed by atoms with E-state index < -0.39 is 5.97 Å². The largest absolute Gasteiger partial charge is 0.465 e. The molecule has 1 heterocycles. The fraction of sp³-hybridized carbons (Fsp3) is 0.0667. The van der Waals surface area contributed by atoms with Crippen LogP contribution in [-0.2, 0) is 4.74 Å². The van der Waals surface area contributed by atoms with E-state index in [4.69, 9.17) is 4.42 Å². The lowest BCUT2D eigenvalue weighted by Crippen LogP contribution is -2.00. The number of halogens is 1. The molecule has 3 rings (SSSR count). The highest BCUT2D eigenvalue weighted by Crippen LogP contribution is 2.25. The molecule has 1 aromatic heterocycles. The molecule has 0 saturated heterocycles. The molecule has 4 nitrogen and oxygen atoms in total. The SMILES string of the molecule is COC(=O)c1ccc2oc(-c3ccc(F)cc3)nc2c1. The molecule has 5 heteroatoms. The summed E-state index contributed by atoms with van der Waals surface area (Å²) in [6.07, 6.45) is 0. The third kappa shape index (κ3) is 2.14. The topological polar surface area (TPSA) is 52.3 Å². The van der Waals surface area contributed by atoms with E-state index in [1.807, 2.05) is 0 Å². The van der Waals surface area contributed by atoms with Crippen molar-refractivity contribution in [3.05, 3.63) is 53.8 Å². The van der Waals surface area contributed by atoms with Gasteiger partial charge in [-0.1, -0.05) is 0 Å². The number of oxazole rings is 1. The monoisotopic (exact) mass is 271 g/mol. The van der Waals surface area contributed by atoms with Gasteiger partial charge in [0.25, 0.3) is 0 Å². The quantitative estimate of drug-likeness (QED) is 0.670.